The summed E-state index contributed by atoms with van der Waals surface area (Å²) in [6.45, 7) is 2.45. The van der Waals surface area contributed by atoms with Gasteiger partial charge in [-0.2, -0.15) is 10.1 Å². The predicted molar refractivity (Wildman–Crippen MR) is 145 cm³/mol. The lowest BCUT2D eigenvalue weighted by molar-refractivity contribution is 0.0988. The molecule has 0 aliphatic carbocycles. The van der Waals surface area contributed by atoms with Crippen LogP contribution >= 0.6 is 27.3 Å². The zero-order valence-corrected chi connectivity index (χ0v) is 22.6. The molecule has 186 valence electrons. The van der Waals surface area contributed by atoms with Crippen LogP contribution in [-0.2, 0) is 0 Å². The summed E-state index contributed by atoms with van der Waals surface area (Å²) in [5.74, 6) is 1.78. The largest absolute Gasteiger partial charge is 0.494 e. The Morgan fingerprint density at radius 2 is 1.72 bits per heavy atom. The third kappa shape index (κ3) is 5.44. The van der Waals surface area contributed by atoms with Crippen molar-refractivity contribution in [1.29, 1.82) is 0 Å². The number of anilines is 1. The van der Waals surface area contributed by atoms with Gasteiger partial charge >= 0.3 is 0 Å². The van der Waals surface area contributed by atoms with Crippen LogP contribution in [0.1, 0.15) is 22.8 Å². The summed E-state index contributed by atoms with van der Waals surface area (Å²) >= 11 is 4.85. The summed E-state index contributed by atoms with van der Waals surface area (Å²) in [5.41, 5.74) is 1.87. The highest BCUT2D eigenvalue weighted by Gasteiger charge is 2.22. The third-order valence-electron chi connectivity index (χ3n) is 5.13. The van der Waals surface area contributed by atoms with Gasteiger partial charge in [-0.3, -0.25) is 4.79 Å². The smallest absolute Gasteiger partial charge is 0.280 e. The molecule has 0 bridgehead atoms. The molecule has 0 spiro atoms. The number of hydrogen-bond donors (Lipinski definition) is 0. The number of amides is 1. The van der Waals surface area contributed by atoms with Crippen molar-refractivity contribution in [2.24, 2.45) is 5.10 Å². The van der Waals surface area contributed by atoms with Crippen molar-refractivity contribution in [3.8, 4) is 23.0 Å². The van der Waals surface area contributed by atoms with Gasteiger partial charge in [0.25, 0.3) is 5.91 Å². The summed E-state index contributed by atoms with van der Waals surface area (Å²) in [6.07, 6.45) is 1.55. The van der Waals surface area contributed by atoms with Crippen LogP contribution in [0.3, 0.4) is 0 Å². The van der Waals surface area contributed by atoms with E-state index in [-0.39, 0.29) is 5.91 Å². The molecule has 0 aliphatic rings. The number of ether oxygens (including phenoxy) is 4. The van der Waals surface area contributed by atoms with Crippen molar-refractivity contribution in [3.63, 3.8) is 0 Å². The van der Waals surface area contributed by atoms with Crippen LogP contribution in [-0.4, -0.2) is 45.0 Å². The molecular formula is C26H24BrN3O5S. The Balaban J connectivity index is 1.76. The van der Waals surface area contributed by atoms with Crippen LogP contribution in [0.15, 0.2) is 64.2 Å². The first kappa shape index (κ1) is 25.5. The molecule has 0 fully saturated rings. The van der Waals surface area contributed by atoms with E-state index in [0.29, 0.717) is 45.9 Å². The number of benzene rings is 3. The van der Waals surface area contributed by atoms with Gasteiger partial charge in [-0.05, 0) is 61.5 Å². The van der Waals surface area contributed by atoms with Crippen LogP contribution in [0.4, 0.5) is 5.13 Å². The molecule has 0 N–H and O–H groups in total. The van der Waals surface area contributed by atoms with E-state index in [4.69, 9.17) is 18.9 Å². The topological polar surface area (TPSA) is 82.5 Å². The first-order chi connectivity index (χ1) is 17.5. The van der Waals surface area contributed by atoms with Crippen LogP contribution in [0.2, 0.25) is 0 Å². The molecule has 10 heteroatoms. The molecule has 0 atom stereocenters. The first-order valence-corrected chi connectivity index (χ1v) is 12.6. The van der Waals surface area contributed by atoms with Gasteiger partial charge in [0.2, 0.25) is 10.9 Å². The number of nitrogens with zero attached hydrogens (tertiary/aromatic N) is 3. The Kier molecular flexibility index (Phi) is 8.07. The summed E-state index contributed by atoms with van der Waals surface area (Å²) < 4.78 is 23.6. The standard InChI is InChI=1S/C26H24BrN3O5S/c1-5-35-19-9-6-17(7-10-19)25(31)30(26-29-20-11-8-18(27)14-23(20)36-26)28-15-16-12-21(32-2)24(34-4)22(13-16)33-3/h6-15H,5H2,1-4H3/b28-15+. The van der Waals surface area contributed by atoms with E-state index in [1.165, 1.54) is 23.5 Å². The van der Waals surface area contributed by atoms with Crippen molar-refractivity contribution in [1.82, 2.24) is 4.98 Å². The summed E-state index contributed by atoms with van der Waals surface area (Å²) in [7, 11) is 4.62. The van der Waals surface area contributed by atoms with Crippen LogP contribution in [0.5, 0.6) is 23.0 Å². The van der Waals surface area contributed by atoms with E-state index in [1.807, 2.05) is 25.1 Å². The minimum absolute atomic E-state index is 0.333. The molecule has 0 saturated carbocycles. The molecule has 3 aromatic carbocycles. The number of thiazole rings is 1. The van der Waals surface area contributed by atoms with Crippen molar-refractivity contribution >= 4 is 54.7 Å². The summed E-state index contributed by atoms with van der Waals surface area (Å²) in [6, 6.07) is 16.2. The highest BCUT2D eigenvalue weighted by Crippen LogP contribution is 2.38. The quantitative estimate of drug-likeness (QED) is 0.177. The second-order valence-electron chi connectivity index (χ2n) is 7.39. The molecule has 1 heterocycles. The van der Waals surface area contributed by atoms with Gasteiger partial charge in [0, 0.05) is 15.6 Å². The molecule has 8 nitrogen and oxygen atoms in total. The molecule has 1 aromatic heterocycles. The van der Waals surface area contributed by atoms with E-state index in [9.17, 15) is 4.79 Å². The fraction of sp³-hybridized carbons (Fsp3) is 0.192. The molecule has 0 saturated heterocycles. The highest BCUT2D eigenvalue weighted by molar-refractivity contribution is 9.10. The predicted octanol–water partition coefficient (Wildman–Crippen LogP) is 6.16. The van der Waals surface area contributed by atoms with E-state index >= 15 is 0 Å². The van der Waals surface area contributed by atoms with Crippen LogP contribution in [0.25, 0.3) is 10.2 Å². The van der Waals surface area contributed by atoms with Crippen molar-refractivity contribution < 1.29 is 23.7 Å². The Morgan fingerprint density at radius 1 is 1.03 bits per heavy atom. The van der Waals surface area contributed by atoms with Crippen molar-refractivity contribution in [2.75, 3.05) is 32.9 Å². The molecule has 0 aliphatic heterocycles. The Morgan fingerprint density at radius 3 is 2.33 bits per heavy atom. The number of carbonyl (C=O) groups excluding carboxylic acids is 1. The van der Waals surface area contributed by atoms with Gasteiger partial charge in [-0.15, -0.1) is 0 Å². The SMILES string of the molecule is CCOc1ccc(C(=O)N(/N=C/c2cc(OC)c(OC)c(OC)c2)c2nc3ccc(Br)cc3s2)cc1. The maximum Gasteiger partial charge on any atom is 0.280 e. The minimum Gasteiger partial charge on any atom is -0.494 e. The van der Waals surface area contributed by atoms with E-state index in [2.05, 4.69) is 26.0 Å². The average Bonchev–Trinajstić information content (AvgIpc) is 3.31. The number of carbonyl (C=O) groups is 1. The zero-order valence-electron chi connectivity index (χ0n) is 20.1. The lowest BCUT2D eigenvalue weighted by atomic mass is 10.2. The average molecular weight is 570 g/mol. The van der Waals surface area contributed by atoms with Crippen LogP contribution in [0, 0.1) is 0 Å². The molecule has 0 unspecified atom stereocenters. The summed E-state index contributed by atoms with van der Waals surface area (Å²) in [4.78, 5) is 18.2. The van der Waals surface area contributed by atoms with Gasteiger partial charge < -0.3 is 18.9 Å². The maximum atomic E-state index is 13.6. The Bertz CT molecular complexity index is 1380. The fourth-order valence-corrected chi connectivity index (χ4v) is 4.92. The van der Waals surface area contributed by atoms with Gasteiger partial charge in [0.1, 0.15) is 5.75 Å². The third-order valence-corrected chi connectivity index (χ3v) is 6.62. The minimum atomic E-state index is -0.333. The molecule has 4 aromatic rings. The Hall–Kier alpha value is -3.63. The van der Waals surface area contributed by atoms with Crippen molar-refractivity contribution in [3.05, 3.63) is 70.2 Å². The number of halogens is 1. The normalized spacial score (nSPS) is 11.0. The molecule has 0 radical (unpaired) electrons. The second-order valence-corrected chi connectivity index (χ2v) is 9.31. The number of rotatable bonds is 9. The zero-order chi connectivity index (χ0) is 25.7. The first-order valence-electron chi connectivity index (χ1n) is 10.9. The highest BCUT2D eigenvalue weighted by atomic mass is 79.9. The van der Waals surface area contributed by atoms with E-state index in [0.717, 1.165) is 14.7 Å². The number of hydrogen-bond acceptors (Lipinski definition) is 8. The number of hydrazone groups is 1. The van der Waals surface area contributed by atoms with Gasteiger partial charge in [0.05, 0.1) is 44.4 Å². The fourth-order valence-electron chi connectivity index (χ4n) is 3.45. The molecule has 1 amide bonds. The lowest BCUT2D eigenvalue weighted by Crippen LogP contribution is -2.25. The molecule has 36 heavy (non-hydrogen) atoms. The molecule has 4 rings (SSSR count). The van der Waals surface area contributed by atoms with Crippen LogP contribution < -0.4 is 24.0 Å². The van der Waals surface area contributed by atoms with Gasteiger partial charge in [0.15, 0.2) is 11.5 Å². The second kappa shape index (κ2) is 11.4. The summed E-state index contributed by atoms with van der Waals surface area (Å²) in [5, 5.41) is 6.26. The number of methoxy groups -OCH3 is 3. The van der Waals surface area contributed by atoms with Crippen molar-refractivity contribution in [2.45, 2.75) is 6.92 Å². The number of aromatic nitrogens is 1. The molecular weight excluding hydrogens is 546 g/mol. The maximum absolute atomic E-state index is 13.6. The van der Waals surface area contributed by atoms with Gasteiger partial charge in [-0.1, -0.05) is 27.3 Å². The lowest BCUT2D eigenvalue weighted by Gasteiger charge is -2.15. The number of fused-ring (bicyclic) bond motifs is 1. The Labute approximate surface area is 221 Å². The van der Waals surface area contributed by atoms with Gasteiger partial charge in [-0.25, -0.2) is 4.98 Å². The monoisotopic (exact) mass is 569 g/mol. The van der Waals surface area contributed by atoms with E-state index in [1.54, 1.807) is 56.8 Å². The van der Waals surface area contributed by atoms with E-state index < -0.39 is 0 Å².